The van der Waals surface area contributed by atoms with Crippen LogP contribution in [0.1, 0.15) is 31.8 Å². The molecular weight excluding hydrogens is 494 g/mol. The van der Waals surface area contributed by atoms with Crippen LogP contribution in [-0.2, 0) is 11.2 Å². The molecule has 0 saturated heterocycles. The quantitative estimate of drug-likeness (QED) is 0.171. The second-order valence-electron chi connectivity index (χ2n) is 7.35. The Morgan fingerprint density at radius 3 is 2.35 bits per heavy atom. The number of ether oxygens (including phenoxy) is 1. The SMILES string of the molecule is C\N=C(/C=C(N)\C=N\N=N)C(=O)Nc1cc(OCCc2cc(C)c(C(=O)O)cc2F)c(F)cc1C(=O)O. The number of allylic oxidation sites excluding steroid dienone is 1. The zero-order valence-corrected chi connectivity index (χ0v) is 19.6. The summed E-state index contributed by atoms with van der Waals surface area (Å²) < 4.78 is 34.1. The number of nitrogens with zero attached hydrogens (tertiary/aromatic N) is 3. The van der Waals surface area contributed by atoms with E-state index in [4.69, 9.17) is 21.1 Å². The molecule has 14 heteroatoms. The van der Waals surface area contributed by atoms with E-state index in [0.29, 0.717) is 11.6 Å². The van der Waals surface area contributed by atoms with Crippen molar-refractivity contribution in [3.8, 4) is 5.75 Å². The van der Waals surface area contributed by atoms with Gasteiger partial charge < -0.3 is 26.0 Å². The van der Waals surface area contributed by atoms with Gasteiger partial charge in [-0.3, -0.25) is 9.79 Å². The summed E-state index contributed by atoms with van der Waals surface area (Å²) in [5.41, 5.74) is 11.3. The van der Waals surface area contributed by atoms with Crippen LogP contribution < -0.4 is 15.8 Å². The van der Waals surface area contributed by atoms with Gasteiger partial charge in [-0.05, 0) is 36.3 Å². The molecule has 0 heterocycles. The third-order valence-corrected chi connectivity index (χ3v) is 4.84. The number of hydrogen-bond acceptors (Lipinski definition) is 8. The van der Waals surface area contributed by atoms with Crippen molar-refractivity contribution < 1.29 is 38.1 Å². The molecule has 0 aliphatic rings. The monoisotopic (exact) mass is 516 g/mol. The van der Waals surface area contributed by atoms with Crippen molar-refractivity contribution in [2.45, 2.75) is 13.3 Å². The van der Waals surface area contributed by atoms with Crippen LogP contribution in [0.4, 0.5) is 14.5 Å². The van der Waals surface area contributed by atoms with Crippen LogP contribution in [0.5, 0.6) is 5.75 Å². The van der Waals surface area contributed by atoms with Crippen molar-refractivity contribution in [3.63, 3.8) is 0 Å². The fourth-order valence-corrected chi connectivity index (χ4v) is 3.09. The predicted octanol–water partition coefficient (Wildman–Crippen LogP) is 3.16. The van der Waals surface area contributed by atoms with E-state index in [1.54, 1.807) is 0 Å². The minimum absolute atomic E-state index is 0.0583. The molecule has 0 spiro atoms. The molecule has 0 bridgehead atoms. The predicted molar refractivity (Wildman–Crippen MR) is 129 cm³/mol. The van der Waals surface area contributed by atoms with Crippen molar-refractivity contribution in [1.82, 2.24) is 0 Å². The summed E-state index contributed by atoms with van der Waals surface area (Å²) in [5, 5.41) is 26.8. The first-order valence-electron chi connectivity index (χ1n) is 10.4. The first-order valence-corrected chi connectivity index (χ1v) is 10.4. The molecule has 0 saturated carbocycles. The van der Waals surface area contributed by atoms with Crippen molar-refractivity contribution in [3.05, 3.63) is 69.9 Å². The molecule has 2 rings (SSSR count). The molecule has 0 aromatic heterocycles. The smallest absolute Gasteiger partial charge is 0.337 e. The number of carboxylic acid groups (broad SMARTS) is 2. The number of carbonyl (C=O) groups is 3. The second-order valence-corrected chi connectivity index (χ2v) is 7.35. The molecule has 12 nitrogen and oxygen atoms in total. The van der Waals surface area contributed by atoms with E-state index < -0.39 is 40.8 Å². The Kier molecular flexibility index (Phi) is 9.63. The van der Waals surface area contributed by atoms with Gasteiger partial charge in [0.05, 0.1) is 35.3 Å². The molecule has 0 aliphatic heterocycles. The number of carbonyl (C=O) groups excluding carboxylic acids is 1. The number of nitrogens with one attached hydrogen (secondary N) is 2. The Balaban J connectivity index is 2.27. The minimum Gasteiger partial charge on any atom is -0.490 e. The Morgan fingerprint density at radius 1 is 1.11 bits per heavy atom. The third kappa shape index (κ3) is 7.48. The summed E-state index contributed by atoms with van der Waals surface area (Å²) in [6.45, 7) is 1.25. The number of halogens is 2. The van der Waals surface area contributed by atoms with Gasteiger partial charge in [0.15, 0.2) is 11.6 Å². The first-order chi connectivity index (χ1) is 17.5. The van der Waals surface area contributed by atoms with E-state index >= 15 is 0 Å². The van der Waals surface area contributed by atoms with Gasteiger partial charge in [-0.25, -0.2) is 18.4 Å². The molecule has 0 radical (unpaired) electrons. The van der Waals surface area contributed by atoms with Gasteiger partial charge in [0, 0.05) is 19.5 Å². The summed E-state index contributed by atoms with van der Waals surface area (Å²) in [6.07, 6.45) is 2.02. The molecular formula is C23H22F2N6O6. The number of anilines is 1. The lowest BCUT2D eigenvalue weighted by Crippen LogP contribution is -2.24. The summed E-state index contributed by atoms with van der Waals surface area (Å²) >= 11 is 0. The summed E-state index contributed by atoms with van der Waals surface area (Å²) in [4.78, 5) is 39.1. The number of benzene rings is 2. The average molecular weight is 516 g/mol. The van der Waals surface area contributed by atoms with E-state index in [-0.39, 0.29) is 41.3 Å². The highest BCUT2D eigenvalue weighted by Crippen LogP contribution is 2.27. The molecule has 2 aromatic carbocycles. The average Bonchev–Trinajstić information content (AvgIpc) is 2.84. The van der Waals surface area contributed by atoms with Gasteiger partial charge in [0.1, 0.15) is 11.5 Å². The number of carboxylic acids is 2. The fraction of sp³-hybridized carbons (Fsp3) is 0.174. The number of aromatic carboxylic acids is 2. The van der Waals surface area contributed by atoms with E-state index in [0.717, 1.165) is 24.4 Å². The molecule has 2 aromatic rings. The number of rotatable bonds is 11. The van der Waals surface area contributed by atoms with Gasteiger partial charge in [-0.15, -0.1) is 5.10 Å². The molecule has 1 amide bonds. The Morgan fingerprint density at radius 2 is 1.76 bits per heavy atom. The van der Waals surface area contributed by atoms with Crippen LogP contribution in [0.3, 0.4) is 0 Å². The van der Waals surface area contributed by atoms with E-state index in [2.05, 4.69) is 20.6 Å². The van der Waals surface area contributed by atoms with Crippen molar-refractivity contribution >= 4 is 35.5 Å². The molecule has 6 N–H and O–H groups in total. The Labute approximate surface area is 208 Å². The normalized spacial score (nSPS) is 11.9. The lowest BCUT2D eigenvalue weighted by molar-refractivity contribution is -0.110. The first kappa shape index (κ1) is 28.2. The number of amides is 1. The topological polar surface area (TPSA) is 200 Å². The van der Waals surface area contributed by atoms with Crippen LogP contribution in [0.15, 0.2) is 51.4 Å². The molecule has 194 valence electrons. The fourth-order valence-electron chi connectivity index (χ4n) is 3.09. The number of nitrogens with two attached hydrogens (primary N) is 1. The number of hydrogen-bond donors (Lipinski definition) is 5. The lowest BCUT2D eigenvalue weighted by atomic mass is 10.0. The highest BCUT2D eigenvalue weighted by molar-refractivity contribution is 6.47. The van der Waals surface area contributed by atoms with Crippen LogP contribution in [0.2, 0.25) is 0 Å². The van der Waals surface area contributed by atoms with E-state index in [9.17, 15) is 28.3 Å². The zero-order chi connectivity index (χ0) is 27.7. The number of aryl methyl sites for hydroxylation is 1. The van der Waals surface area contributed by atoms with Crippen molar-refractivity contribution in [2.75, 3.05) is 19.0 Å². The van der Waals surface area contributed by atoms with Gasteiger partial charge >= 0.3 is 11.9 Å². The van der Waals surface area contributed by atoms with Gasteiger partial charge in [-0.2, -0.15) is 5.53 Å². The molecule has 0 atom stereocenters. The molecule has 37 heavy (non-hydrogen) atoms. The summed E-state index contributed by atoms with van der Waals surface area (Å²) in [5.74, 6) is -5.95. The largest absolute Gasteiger partial charge is 0.490 e. The Hall–Kier alpha value is -5.01. The van der Waals surface area contributed by atoms with Crippen LogP contribution >= 0.6 is 0 Å². The summed E-state index contributed by atoms with van der Waals surface area (Å²) in [6, 6.07) is 3.82. The Bertz CT molecular complexity index is 1340. The third-order valence-electron chi connectivity index (χ3n) is 4.84. The second kappa shape index (κ2) is 12.6. The summed E-state index contributed by atoms with van der Waals surface area (Å²) in [7, 11) is 1.27. The van der Waals surface area contributed by atoms with Gasteiger partial charge in [0.25, 0.3) is 5.91 Å². The van der Waals surface area contributed by atoms with Crippen molar-refractivity contribution in [2.24, 2.45) is 21.1 Å². The highest BCUT2D eigenvalue weighted by atomic mass is 19.1. The zero-order valence-electron chi connectivity index (χ0n) is 19.6. The van der Waals surface area contributed by atoms with Gasteiger partial charge in [-0.1, -0.05) is 11.3 Å². The molecule has 0 unspecified atom stereocenters. The molecule has 0 aliphatic carbocycles. The maximum absolute atomic E-state index is 14.5. The lowest BCUT2D eigenvalue weighted by Gasteiger charge is -2.14. The standard InChI is InChI=1S/C23H22F2N6O6/c1-11-5-12(16(24)7-14(11)22(33)34)3-4-37-20-9-18(15(23(35)36)8-17(20)25)30-21(32)19(28-2)6-13(26)10-29-31-27/h5-10,27H,3-4,26H2,1-2H3,(H,30,32)(H,33,34)(H,35,36)/b13-6+,28-19+,29-10+,31-27?. The van der Waals surface area contributed by atoms with Crippen LogP contribution in [-0.4, -0.2) is 53.6 Å². The van der Waals surface area contributed by atoms with Crippen LogP contribution in [0, 0.1) is 24.1 Å². The minimum atomic E-state index is -1.54. The maximum Gasteiger partial charge on any atom is 0.337 e. The van der Waals surface area contributed by atoms with E-state index in [1.807, 2.05) is 0 Å². The highest BCUT2D eigenvalue weighted by Gasteiger charge is 2.20. The van der Waals surface area contributed by atoms with Crippen LogP contribution in [0.25, 0.3) is 0 Å². The van der Waals surface area contributed by atoms with E-state index in [1.165, 1.54) is 20.0 Å². The van der Waals surface area contributed by atoms with Crippen molar-refractivity contribution in [1.29, 1.82) is 5.53 Å². The number of aliphatic imine (C=N–C) groups is 1. The van der Waals surface area contributed by atoms with Gasteiger partial charge in [0.2, 0.25) is 0 Å². The maximum atomic E-state index is 14.5. The molecule has 0 fully saturated rings.